The van der Waals surface area contributed by atoms with Gasteiger partial charge in [0.2, 0.25) is 0 Å². The van der Waals surface area contributed by atoms with Gasteiger partial charge < -0.3 is 19.5 Å². The van der Waals surface area contributed by atoms with E-state index in [4.69, 9.17) is 9.47 Å². The van der Waals surface area contributed by atoms with Crippen LogP contribution in [0.15, 0.2) is 60.7 Å². The largest absolute Gasteiger partial charge is 0.491 e. The molecule has 1 N–H and O–H groups in total. The number of aliphatic hydroxyl groups excluding tert-OH is 1. The molecule has 1 atom stereocenters. The van der Waals surface area contributed by atoms with Crippen molar-refractivity contribution in [1.29, 1.82) is 0 Å². The number of rotatable bonds is 6. The third-order valence-corrected chi connectivity index (χ3v) is 6.91. The lowest BCUT2D eigenvalue weighted by atomic mass is 9.82. The molecule has 4 heteroatoms. The zero-order chi connectivity index (χ0) is 21.3. The van der Waals surface area contributed by atoms with E-state index in [-0.39, 0.29) is 5.60 Å². The molecule has 3 aromatic carbocycles. The van der Waals surface area contributed by atoms with Gasteiger partial charge in [-0.15, -0.1) is 0 Å². The van der Waals surface area contributed by atoms with Crippen LogP contribution in [0.3, 0.4) is 0 Å². The molecule has 0 bridgehead atoms. The van der Waals surface area contributed by atoms with Crippen LogP contribution in [0.2, 0.25) is 0 Å². The first kappa shape index (κ1) is 20.5. The van der Waals surface area contributed by atoms with Gasteiger partial charge in [-0.05, 0) is 58.9 Å². The van der Waals surface area contributed by atoms with Gasteiger partial charge in [0.15, 0.2) is 0 Å². The van der Waals surface area contributed by atoms with Crippen LogP contribution in [0, 0.1) is 0 Å². The minimum Gasteiger partial charge on any atom is -0.491 e. The molecule has 2 aliphatic rings. The molecule has 1 spiro atoms. The summed E-state index contributed by atoms with van der Waals surface area (Å²) in [6, 6.07) is 21.2. The van der Waals surface area contributed by atoms with Crippen LogP contribution in [0.4, 0.5) is 0 Å². The second-order valence-corrected chi connectivity index (χ2v) is 8.86. The van der Waals surface area contributed by atoms with Crippen molar-refractivity contribution in [2.45, 2.75) is 44.5 Å². The number of hydrogen-bond acceptors (Lipinski definition) is 4. The number of fused-ring (bicyclic) bond motifs is 4. The number of β-amino-alcohol motifs (C(OH)–C–C–N with tert-alkyl or cyclic N) is 1. The Labute approximate surface area is 184 Å². The summed E-state index contributed by atoms with van der Waals surface area (Å²) in [5.74, 6) is 0.833. The van der Waals surface area contributed by atoms with Gasteiger partial charge in [-0.1, -0.05) is 55.5 Å². The number of likely N-dealkylation sites (tertiary alicyclic amines) is 1. The summed E-state index contributed by atoms with van der Waals surface area (Å²) in [5.41, 5.74) is 3.80. The number of aliphatic hydroxyl groups is 1. The van der Waals surface area contributed by atoms with Crippen LogP contribution >= 0.6 is 0 Å². The average Bonchev–Trinajstić information content (AvgIpc) is 3.18. The molecule has 0 aromatic heterocycles. The molecular weight excluding hydrogens is 386 g/mol. The highest BCUT2D eigenvalue weighted by Gasteiger charge is 2.43. The molecular formula is C27H31NO3. The van der Waals surface area contributed by atoms with E-state index >= 15 is 0 Å². The summed E-state index contributed by atoms with van der Waals surface area (Å²) < 4.78 is 12.3. The topological polar surface area (TPSA) is 41.9 Å². The van der Waals surface area contributed by atoms with E-state index in [2.05, 4.69) is 60.4 Å². The second-order valence-electron chi connectivity index (χ2n) is 8.86. The number of aryl methyl sites for hydroxylation is 1. The fourth-order valence-electron chi connectivity index (χ4n) is 5.12. The lowest BCUT2D eigenvalue weighted by Gasteiger charge is -2.39. The van der Waals surface area contributed by atoms with Crippen LogP contribution in [0.25, 0.3) is 10.8 Å². The van der Waals surface area contributed by atoms with Crippen molar-refractivity contribution in [2.24, 2.45) is 0 Å². The van der Waals surface area contributed by atoms with Crippen molar-refractivity contribution in [3.63, 3.8) is 0 Å². The highest BCUT2D eigenvalue weighted by atomic mass is 16.5. The molecule has 2 aliphatic heterocycles. The minimum atomic E-state index is -0.500. The van der Waals surface area contributed by atoms with Crippen molar-refractivity contribution in [2.75, 3.05) is 26.2 Å². The van der Waals surface area contributed by atoms with Gasteiger partial charge in [0.25, 0.3) is 0 Å². The van der Waals surface area contributed by atoms with Gasteiger partial charge >= 0.3 is 0 Å². The molecule has 4 nitrogen and oxygen atoms in total. The molecule has 2 heterocycles. The molecule has 1 fully saturated rings. The highest BCUT2D eigenvalue weighted by Crippen LogP contribution is 2.46. The summed E-state index contributed by atoms with van der Waals surface area (Å²) in [5, 5.41) is 13.1. The Kier molecular flexibility index (Phi) is 5.70. The summed E-state index contributed by atoms with van der Waals surface area (Å²) in [6.07, 6.45) is 2.41. The highest BCUT2D eigenvalue weighted by molar-refractivity contribution is 5.87. The maximum Gasteiger partial charge on any atom is 0.119 e. The number of nitrogens with zero attached hydrogens (tertiary/aromatic N) is 1. The molecule has 0 saturated carbocycles. The summed E-state index contributed by atoms with van der Waals surface area (Å²) in [7, 11) is 0. The first-order valence-electron chi connectivity index (χ1n) is 11.4. The van der Waals surface area contributed by atoms with E-state index < -0.39 is 6.10 Å². The molecule has 0 aliphatic carbocycles. The summed E-state index contributed by atoms with van der Waals surface area (Å²) >= 11 is 0. The Morgan fingerprint density at radius 1 is 1.06 bits per heavy atom. The third kappa shape index (κ3) is 4.08. The van der Waals surface area contributed by atoms with Crippen molar-refractivity contribution >= 4 is 10.8 Å². The van der Waals surface area contributed by atoms with Crippen LogP contribution < -0.4 is 4.74 Å². The van der Waals surface area contributed by atoms with Crippen LogP contribution in [0.1, 0.15) is 36.5 Å². The van der Waals surface area contributed by atoms with Gasteiger partial charge in [-0.25, -0.2) is 0 Å². The van der Waals surface area contributed by atoms with Gasteiger partial charge in [0.1, 0.15) is 18.5 Å². The Bertz CT molecular complexity index is 1060. The normalized spacial score (nSPS) is 18.9. The van der Waals surface area contributed by atoms with E-state index in [1.807, 2.05) is 12.1 Å². The maximum atomic E-state index is 10.5. The zero-order valence-electron chi connectivity index (χ0n) is 18.2. The Hall–Kier alpha value is -2.40. The van der Waals surface area contributed by atoms with Crippen LogP contribution in [-0.4, -0.2) is 42.4 Å². The van der Waals surface area contributed by atoms with E-state index in [0.717, 1.165) is 38.1 Å². The lowest BCUT2D eigenvalue weighted by molar-refractivity contribution is -0.0835. The predicted octanol–water partition coefficient (Wildman–Crippen LogP) is 4.66. The van der Waals surface area contributed by atoms with E-state index in [1.165, 1.54) is 27.5 Å². The van der Waals surface area contributed by atoms with Gasteiger partial charge in [-0.2, -0.15) is 0 Å². The van der Waals surface area contributed by atoms with Crippen molar-refractivity contribution in [1.82, 2.24) is 4.90 Å². The number of piperidine rings is 1. The lowest BCUT2D eigenvalue weighted by Crippen LogP contribution is -2.46. The fraction of sp³-hybridized carbons (Fsp3) is 0.407. The molecule has 3 aromatic rings. The number of ether oxygens (including phenoxy) is 2. The first-order chi connectivity index (χ1) is 15.2. The average molecular weight is 418 g/mol. The maximum absolute atomic E-state index is 10.5. The monoisotopic (exact) mass is 417 g/mol. The molecule has 31 heavy (non-hydrogen) atoms. The third-order valence-electron chi connectivity index (χ3n) is 6.91. The molecule has 5 rings (SSSR count). The molecule has 0 radical (unpaired) electrons. The SMILES string of the molecule is CCc1cccc(OC[C@@H](O)CN2CCC3(CC2)OCc2c3ccc3ccccc23)c1. The van der Waals surface area contributed by atoms with Crippen molar-refractivity contribution < 1.29 is 14.6 Å². The quantitative estimate of drug-likeness (QED) is 0.633. The standard InChI is InChI=1S/C27H31NO3/c1-2-20-6-5-8-23(16-20)30-18-22(29)17-28-14-12-27(13-15-28)26-11-10-21-7-3-4-9-24(21)25(26)19-31-27/h3-11,16,22,29H,2,12-15,17-19H2,1H3/t22-/m0/s1. The number of benzene rings is 3. The van der Waals surface area contributed by atoms with Gasteiger partial charge in [0, 0.05) is 19.6 Å². The molecule has 162 valence electrons. The molecule has 0 amide bonds. The van der Waals surface area contributed by atoms with E-state index in [1.54, 1.807) is 0 Å². The Morgan fingerprint density at radius 2 is 1.90 bits per heavy atom. The van der Waals surface area contributed by atoms with Crippen molar-refractivity contribution in [3.05, 3.63) is 77.4 Å². The summed E-state index contributed by atoms with van der Waals surface area (Å²) in [4.78, 5) is 2.34. The second kappa shape index (κ2) is 8.62. The van der Waals surface area contributed by atoms with E-state index in [9.17, 15) is 5.11 Å². The Balaban J connectivity index is 1.18. The first-order valence-corrected chi connectivity index (χ1v) is 11.4. The fourth-order valence-corrected chi connectivity index (χ4v) is 5.12. The van der Waals surface area contributed by atoms with E-state index in [0.29, 0.717) is 19.8 Å². The van der Waals surface area contributed by atoms with Crippen molar-refractivity contribution in [3.8, 4) is 5.75 Å². The molecule has 1 saturated heterocycles. The van der Waals surface area contributed by atoms with Crippen LogP contribution in [0.5, 0.6) is 5.75 Å². The smallest absolute Gasteiger partial charge is 0.119 e. The number of hydrogen-bond donors (Lipinski definition) is 1. The Morgan fingerprint density at radius 3 is 2.74 bits per heavy atom. The molecule has 0 unspecified atom stereocenters. The zero-order valence-corrected chi connectivity index (χ0v) is 18.2. The minimum absolute atomic E-state index is 0.169. The van der Waals surface area contributed by atoms with Crippen LogP contribution in [-0.2, 0) is 23.4 Å². The van der Waals surface area contributed by atoms with Gasteiger partial charge in [-0.3, -0.25) is 0 Å². The van der Waals surface area contributed by atoms with Gasteiger partial charge in [0.05, 0.1) is 12.2 Å². The predicted molar refractivity (Wildman–Crippen MR) is 123 cm³/mol. The summed E-state index contributed by atoms with van der Waals surface area (Å²) in [6.45, 7) is 5.63.